The number of carboxylic acids is 1. The molecule has 4 aromatic rings. The number of benzene rings is 2. The molecule has 5 rings (SSSR count). The molecule has 2 heterocycles. The van der Waals surface area contributed by atoms with Gasteiger partial charge in [-0.2, -0.15) is 10.4 Å². The summed E-state index contributed by atoms with van der Waals surface area (Å²) in [4.78, 5) is 15.6. The van der Waals surface area contributed by atoms with Crippen molar-refractivity contribution in [2.45, 2.75) is 30.6 Å². The topological polar surface area (TPSA) is 135 Å². The molecule has 0 bridgehead atoms. The van der Waals surface area contributed by atoms with E-state index in [-0.39, 0.29) is 22.6 Å². The Hall–Kier alpha value is -4.23. The van der Waals surface area contributed by atoms with Crippen LogP contribution in [0.2, 0.25) is 0 Å². The molecule has 1 saturated carbocycles. The van der Waals surface area contributed by atoms with Crippen LogP contribution in [0.3, 0.4) is 0 Å². The van der Waals surface area contributed by atoms with Crippen molar-refractivity contribution in [1.29, 1.82) is 5.26 Å². The Balaban J connectivity index is 1.71. The highest BCUT2D eigenvalue weighted by molar-refractivity contribution is 7.82. The molecule has 0 saturated heterocycles. The number of rotatable bonds is 8. The number of nitrogens with two attached hydrogens (primary N) is 1. The molecule has 39 heavy (non-hydrogen) atoms. The molecule has 12 heteroatoms. The molecule has 1 unspecified atom stereocenters. The molecule has 196 valence electrons. The molecule has 1 atom stereocenters. The van der Waals surface area contributed by atoms with E-state index in [2.05, 4.69) is 16.8 Å². The van der Waals surface area contributed by atoms with Crippen molar-refractivity contribution in [2.75, 3.05) is 0 Å². The number of thiazole rings is 1. The number of nitriles is 1. The van der Waals surface area contributed by atoms with E-state index in [0.29, 0.717) is 34.3 Å². The van der Waals surface area contributed by atoms with E-state index in [1.54, 1.807) is 16.8 Å². The summed E-state index contributed by atoms with van der Waals surface area (Å²) < 4.78 is 42.3. The Morgan fingerprint density at radius 2 is 2.03 bits per heavy atom. The van der Waals surface area contributed by atoms with E-state index in [1.165, 1.54) is 35.7 Å². The molecule has 0 spiro atoms. The fourth-order valence-electron chi connectivity index (χ4n) is 4.21. The van der Waals surface area contributed by atoms with Crippen LogP contribution < -0.4 is 5.14 Å². The highest BCUT2D eigenvalue weighted by Crippen LogP contribution is 2.38. The third-order valence-electron chi connectivity index (χ3n) is 6.25. The zero-order chi connectivity index (χ0) is 27.7. The maximum Gasteiger partial charge on any atom is 0.355 e. The molecule has 1 aliphatic carbocycles. The van der Waals surface area contributed by atoms with Gasteiger partial charge in [0.1, 0.15) is 22.6 Å². The number of hydrogen-bond donors (Lipinski definition) is 2. The van der Waals surface area contributed by atoms with Crippen molar-refractivity contribution in [3.8, 4) is 34.3 Å². The first-order valence-corrected chi connectivity index (χ1v) is 13.8. The standard InChI is InChI=1S/C27H19F2N5O3S2/c28-20-7-6-18(13-17(20)2-1-9-30)25-19(10-16-5-8-24(39(31)37)21(29)11-16)23(12-15-3-4-15)34(33-25)27-32-22(14-38-27)26(35)36/h5-8,11,13-15H,3-4,10,12,31H2,(H,35,36). The van der Waals surface area contributed by atoms with Gasteiger partial charge in [-0.3, -0.25) is 0 Å². The van der Waals surface area contributed by atoms with Gasteiger partial charge in [0.05, 0.1) is 21.8 Å². The van der Waals surface area contributed by atoms with Gasteiger partial charge in [-0.15, -0.1) is 11.3 Å². The van der Waals surface area contributed by atoms with Crippen molar-refractivity contribution >= 4 is 28.3 Å². The van der Waals surface area contributed by atoms with Crippen LogP contribution >= 0.6 is 11.3 Å². The number of carboxylic acid groups (broad SMARTS) is 1. The van der Waals surface area contributed by atoms with Gasteiger partial charge in [0.25, 0.3) is 0 Å². The highest BCUT2D eigenvalue weighted by atomic mass is 32.2. The summed E-state index contributed by atoms with van der Waals surface area (Å²) in [5, 5.41) is 30.1. The van der Waals surface area contributed by atoms with Gasteiger partial charge in [-0.1, -0.05) is 6.07 Å². The lowest BCUT2D eigenvalue weighted by Crippen LogP contribution is -2.07. The quantitative estimate of drug-likeness (QED) is 0.306. The molecule has 1 aliphatic rings. The summed E-state index contributed by atoms with van der Waals surface area (Å²) in [5.41, 5.74) is 2.94. The first kappa shape index (κ1) is 26.4. The van der Waals surface area contributed by atoms with Crippen molar-refractivity contribution in [3.05, 3.63) is 81.5 Å². The molecular formula is C27H19F2N5O3S2. The van der Waals surface area contributed by atoms with E-state index in [0.717, 1.165) is 35.4 Å². The molecule has 3 N–H and O–H groups in total. The molecule has 0 radical (unpaired) electrons. The smallest absolute Gasteiger partial charge is 0.355 e. The average Bonchev–Trinajstić information content (AvgIpc) is 3.46. The van der Waals surface area contributed by atoms with Crippen LogP contribution in [0.4, 0.5) is 8.78 Å². The molecule has 1 fully saturated rings. The van der Waals surface area contributed by atoms with E-state index in [4.69, 9.17) is 15.5 Å². The molecule has 0 amide bonds. The van der Waals surface area contributed by atoms with Gasteiger partial charge in [0, 0.05) is 28.8 Å². The lowest BCUT2D eigenvalue weighted by atomic mass is 9.96. The fourth-order valence-corrected chi connectivity index (χ4v) is 5.44. The number of hydrogen-bond acceptors (Lipinski definition) is 6. The normalized spacial score (nSPS) is 13.4. The van der Waals surface area contributed by atoms with Crippen LogP contribution in [-0.4, -0.2) is 30.0 Å². The number of nitrogens with zero attached hydrogens (tertiary/aromatic N) is 4. The summed E-state index contributed by atoms with van der Waals surface area (Å²) in [7, 11) is -1.98. The van der Waals surface area contributed by atoms with E-state index < -0.39 is 28.6 Å². The largest absolute Gasteiger partial charge is 0.476 e. The van der Waals surface area contributed by atoms with Gasteiger partial charge in [0.15, 0.2) is 11.8 Å². The van der Waals surface area contributed by atoms with Crippen LogP contribution in [0, 0.1) is 40.7 Å². The van der Waals surface area contributed by atoms with Crippen molar-refractivity contribution in [3.63, 3.8) is 0 Å². The maximum atomic E-state index is 14.7. The summed E-state index contributed by atoms with van der Waals surface area (Å²) in [6.45, 7) is 0. The molecule has 2 aromatic heterocycles. The third kappa shape index (κ3) is 5.64. The van der Waals surface area contributed by atoms with Gasteiger partial charge in [0.2, 0.25) is 5.13 Å². The van der Waals surface area contributed by atoms with Crippen LogP contribution in [-0.2, 0) is 23.8 Å². The fraction of sp³-hybridized carbons (Fsp3) is 0.185. The van der Waals surface area contributed by atoms with Gasteiger partial charge >= 0.3 is 5.97 Å². The summed E-state index contributed by atoms with van der Waals surface area (Å²) in [6, 6.07) is 10.2. The van der Waals surface area contributed by atoms with Crippen molar-refractivity contribution < 1.29 is 22.9 Å². The second-order valence-electron chi connectivity index (χ2n) is 8.95. The third-order valence-corrected chi connectivity index (χ3v) is 7.83. The highest BCUT2D eigenvalue weighted by Gasteiger charge is 2.29. The van der Waals surface area contributed by atoms with Crippen molar-refractivity contribution in [2.24, 2.45) is 11.1 Å². The van der Waals surface area contributed by atoms with Crippen LogP contribution in [0.25, 0.3) is 16.4 Å². The second-order valence-corrected chi connectivity index (χ2v) is 10.8. The summed E-state index contributed by atoms with van der Waals surface area (Å²) in [5.74, 6) is 2.62. The van der Waals surface area contributed by atoms with E-state index >= 15 is 0 Å². The van der Waals surface area contributed by atoms with E-state index in [9.17, 15) is 22.9 Å². The summed E-state index contributed by atoms with van der Waals surface area (Å²) >= 11 is 1.12. The van der Waals surface area contributed by atoms with Crippen LogP contribution in [0.15, 0.2) is 46.7 Å². The van der Waals surface area contributed by atoms with Crippen LogP contribution in [0.5, 0.6) is 0 Å². The average molecular weight is 564 g/mol. The lowest BCUT2D eigenvalue weighted by Gasteiger charge is -2.10. The minimum atomic E-state index is -1.98. The molecular weight excluding hydrogens is 544 g/mol. The lowest BCUT2D eigenvalue weighted by molar-refractivity contribution is 0.0691. The molecule has 2 aromatic carbocycles. The Morgan fingerprint density at radius 3 is 2.67 bits per heavy atom. The van der Waals surface area contributed by atoms with Gasteiger partial charge in [-0.05, 0) is 67.0 Å². The Labute approximate surface area is 228 Å². The zero-order valence-corrected chi connectivity index (χ0v) is 21.8. The first-order chi connectivity index (χ1) is 18.7. The second kappa shape index (κ2) is 10.9. The number of halogens is 2. The number of aromatic carboxylic acids is 1. The summed E-state index contributed by atoms with van der Waals surface area (Å²) in [6.07, 6.45) is 2.89. The Morgan fingerprint density at radius 1 is 1.23 bits per heavy atom. The monoisotopic (exact) mass is 563 g/mol. The minimum absolute atomic E-state index is 0.0153. The number of carbonyl (C=O) groups is 1. The molecule has 0 aliphatic heterocycles. The van der Waals surface area contributed by atoms with E-state index in [1.807, 2.05) is 0 Å². The van der Waals surface area contributed by atoms with Gasteiger partial charge < -0.3 is 5.11 Å². The molecule has 8 nitrogen and oxygen atoms in total. The van der Waals surface area contributed by atoms with Crippen LogP contribution in [0.1, 0.15) is 45.7 Å². The van der Waals surface area contributed by atoms with Crippen molar-refractivity contribution in [1.82, 2.24) is 14.8 Å². The number of aromatic nitrogens is 3. The SMILES string of the molecule is N#CC#Cc1cc(-c2nn(-c3nc(C(=O)O)cs3)c(CC3CC3)c2Cc2ccc(S(N)=O)c(F)c2)ccc1F. The Kier molecular flexibility index (Phi) is 7.35. The Bertz CT molecular complexity index is 1740. The predicted molar refractivity (Wildman–Crippen MR) is 140 cm³/mol. The zero-order valence-electron chi connectivity index (χ0n) is 20.1. The maximum absolute atomic E-state index is 14.7. The van der Waals surface area contributed by atoms with Gasteiger partial charge in [-0.25, -0.2) is 32.6 Å². The predicted octanol–water partition coefficient (Wildman–Crippen LogP) is 4.37. The minimum Gasteiger partial charge on any atom is -0.476 e. The first-order valence-electron chi connectivity index (χ1n) is 11.7.